The number of benzene rings is 1. The van der Waals surface area contributed by atoms with Crippen molar-refractivity contribution in [1.29, 1.82) is 0 Å². The van der Waals surface area contributed by atoms with Crippen LogP contribution in [-0.4, -0.2) is 48.6 Å². The number of carbonyl (C=O) groups excluding carboxylic acids is 4. The third-order valence-electron chi connectivity index (χ3n) is 6.88. The molecular formula is C27H34N2O5. The van der Waals surface area contributed by atoms with E-state index >= 15 is 0 Å². The minimum absolute atomic E-state index is 0.104. The monoisotopic (exact) mass is 466 g/mol. The predicted octanol–water partition coefficient (Wildman–Crippen LogP) is 3.76. The first-order valence-corrected chi connectivity index (χ1v) is 11.7. The summed E-state index contributed by atoms with van der Waals surface area (Å²) in [6.45, 7) is 9.68. The van der Waals surface area contributed by atoms with Gasteiger partial charge >= 0.3 is 6.03 Å². The van der Waals surface area contributed by atoms with Crippen molar-refractivity contribution < 1.29 is 23.9 Å². The smallest absolute Gasteiger partial charge is 0.324 e. The van der Waals surface area contributed by atoms with Crippen molar-refractivity contribution in [2.75, 3.05) is 20.2 Å². The van der Waals surface area contributed by atoms with Gasteiger partial charge < -0.3 is 9.64 Å². The number of urea groups is 1. The van der Waals surface area contributed by atoms with Gasteiger partial charge in [-0.15, -0.1) is 5.92 Å². The molecule has 1 saturated heterocycles. The molecule has 0 unspecified atom stereocenters. The van der Waals surface area contributed by atoms with Crippen molar-refractivity contribution in [2.45, 2.75) is 66.2 Å². The number of imide groups is 1. The highest BCUT2D eigenvalue weighted by Crippen LogP contribution is 2.47. The lowest BCUT2D eigenvalue weighted by molar-refractivity contribution is -0.138. The van der Waals surface area contributed by atoms with E-state index in [9.17, 15) is 19.2 Å². The van der Waals surface area contributed by atoms with Crippen LogP contribution in [0.25, 0.3) is 0 Å². The Labute approximate surface area is 201 Å². The number of aryl methyl sites for hydroxylation is 1. The summed E-state index contributed by atoms with van der Waals surface area (Å²) in [5.74, 6) is 4.99. The maximum atomic E-state index is 13.3. The van der Waals surface area contributed by atoms with Crippen LogP contribution in [0.4, 0.5) is 4.79 Å². The minimum atomic E-state index is -0.838. The van der Waals surface area contributed by atoms with Crippen LogP contribution in [0.1, 0.15) is 76.0 Å². The predicted molar refractivity (Wildman–Crippen MR) is 129 cm³/mol. The second-order valence-corrected chi connectivity index (χ2v) is 10.5. The molecule has 0 atom stereocenters. The molecule has 1 aliphatic carbocycles. The fourth-order valence-electron chi connectivity index (χ4n) is 4.93. The van der Waals surface area contributed by atoms with Crippen molar-refractivity contribution >= 4 is 23.5 Å². The number of amides is 3. The van der Waals surface area contributed by atoms with E-state index in [1.165, 1.54) is 7.11 Å². The Morgan fingerprint density at radius 3 is 2.21 bits per heavy atom. The van der Waals surface area contributed by atoms with Crippen molar-refractivity contribution in [3.8, 4) is 17.6 Å². The molecule has 1 aromatic rings. The van der Waals surface area contributed by atoms with Gasteiger partial charge in [0.2, 0.25) is 5.91 Å². The van der Waals surface area contributed by atoms with Crippen molar-refractivity contribution in [2.24, 2.45) is 10.8 Å². The van der Waals surface area contributed by atoms with Gasteiger partial charge in [0.15, 0.2) is 0 Å². The van der Waals surface area contributed by atoms with E-state index < -0.39 is 22.8 Å². The number of carbonyl (C=O) groups is 4. The Morgan fingerprint density at radius 2 is 1.71 bits per heavy atom. The van der Waals surface area contributed by atoms with Gasteiger partial charge in [0.25, 0.3) is 0 Å². The summed E-state index contributed by atoms with van der Waals surface area (Å²) in [6, 6.07) is 3.24. The number of ketones is 2. The Balaban J connectivity index is 1.73. The van der Waals surface area contributed by atoms with E-state index in [2.05, 4.69) is 17.2 Å². The third kappa shape index (κ3) is 5.16. The fourth-order valence-corrected chi connectivity index (χ4v) is 4.93. The number of hydrogen-bond donors (Lipinski definition) is 1. The van der Waals surface area contributed by atoms with Crippen LogP contribution in [0.3, 0.4) is 0 Å². The maximum absolute atomic E-state index is 13.3. The van der Waals surface area contributed by atoms with Crippen LogP contribution >= 0.6 is 0 Å². The van der Waals surface area contributed by atoms with Gasteiger partial charge in [0.1, 0.15) is 23.2 Å². The normalized spacial score (nSPS) is 18.4. The number of methoxy groups -OCH3 is 1. The zero-order valence-electron chi connectivity index (χ0n) is 21.0. The number of nitrogens with one attached hydrogen (secondary N) is 1. The summed E-state index contributed by atoms with van der Waals surface area (Å²) < 4.78 is 5.55. The number of rotatable bonds is 2. The first-order valence-electron chi connectivity index (χ1n) is 11.7. The second kappa shape index (κ2) is 9.61. The molecule has 0 bridgehead atoms. The molecule has 1 saturated carbocycles. The van der Waals surface area contributed by atoms with Gasteiger partial charge in [-0.1, -0.05) is 26.7 Å². The summed E-state index contributed by atoms with van der Waals surface area (Å²) in [6.07, 6.45) is 1.68. The molecule has 3 amide bonds. The number of ether oxygens (including phenoxy) is 1. The van der Waals surface area contributed by atoms with Crippen molar-refractivity contribution in [1.82, 2.24) is 10.2 Å². The minimum Gasteiger partial charge on any atom is -0.496 e. The first kappa shape index (κ1) is 25.5. The molecule has 1 heterocycles. The number of nitrogens with zero attached hydrogens (tertiary/aromatic N) is 1. The van der Waals surface area contributed by atoms with E-state index in [1.54, 1.807) is 38.7 Å². The molecule has 0 radical (unpaired) electrons. The summed E-state index contributed by atoms with van der Waals surface area (Å²) in [5.41, 5.74) is 1.12. The summed E-state index contributed by atoms with van der Waals surface area (Å²) in [5, 5.41) is 2.45. The SMILES string of the molecule is CC#Cc1cc(C)c(C2C(=O)CC3(CCN(C(=O)NC(=O)C(C)(C)C)CC3)CC2=O)c(OC)c1. The van der Waals surface area contributed by atoms with E-state index in [-0.39, 0.29) is 17.5 Å². The molecular weight excluding hydrogens is 432 g/mol. The topological polar surface area (TPSA) is 92.8 Å². The molecule has 34 heavy (non-hydrogen) atoms. The lowest BCUT2D eigenvalue weighted by Gasteiger charge is -2.44. The highest BCUT2D eigenvalue weighted by atomic mass is 16.5. The summed E-state index contributed by atoms with van der Waals surface area (Å²) >= 11 is 0. The third-order valence-corrected chi connectivity index (χ3v) is 6.88. The Hall–Kier alpha value is -3.14. The van der Waals surface area contributed by atoms with Crippen molar-refractivity contribution in [3.63, 3.8) is 0 Å². The van der Waals surface area contributed by atoms with E-state index in [1.807, 2.05) is 13.0 Å². The summed E-state index contributed by atoms with van der Waals surface area (Å²) in [4.78, 5) is 52.9. The first-order chi connectivity index (χ1) is 15.9. The molecule has 7 heteroatoms. The van der Waals surface area contributed by atoms with E-state index in [4.69, 9.17) is 4.74 Å². The number of hydrogen-bond acceptors (Lipinski definition) is 5. The van der Waals surface area contributed by atoms with Crippen molar-refractivity contribution in [3.05, 3.63) is 28.8 Å². The zero-order valence-corrected chi connectivity index (χ0v) is 21.0. The van der Waals surface area contributed by atoms with Gasteiger partial charge in [-0.2, -0.15) is 0 Å². The molecule has 1 aliphatic heterocycles. The average Bonchev–Trinajstić information content (AvgIpc) is 2.74. The van der Waals surface area contributed by atoms with Gasteiger partial charge in [-0.05, 0) is 49.8 Å². The number of likely N-dealkylation sites (tertiary alicyclic amines) is 1. The number of piperidine rings is 1. The van der Waals surface area contributed by atoms with Crippen LogP contribution in [-0.2, 0) is 14.4 Å². The van der Waals surface area contributed by atoms with E-state index in [0.717, 1.165) is 11.1 Å². The van der Waals surface area contributed by atoms with Crippen LogP contribution in [0.2, 0.25) is 0 Å². The highest BCUT2D eigenvalue weighted by molar-refractivity contribution is 6.11. The quantitative estimate of drug-likeness (QED) is 0.529. The van der Waals surface area contributed by atoms with Gasteiger partial charge in [0.05, 0.1) is 7.11 Å². The van der Waals surface area contributed by atoms with Crippen LogP contribution in [0, 0.1) is 29.6 Å². The maximum Gasteiger partial charge on any atom is 0.324 e. The molecule has 7 nitrogen and oxygen atoms in total. The van der Waals surface area contributed by atoms with Crippen LogP contribution in [0.5, 0.6) is 5.75 Å². The molecule has 0 aromatic heterocycles. The lowest BCUT2D eigenvalue weighted by Crippen LogP contribution is -2.52. The molecule has 3 rings (SSSR count). The molecule has 1 spiro atoms. The molecule has 182 valence electrons. The average molecular weight is 467 g/mol. The van der Waals surface area contributed by atoms with Gasteiger partial charge in [-0.25, -0.2) is 4.79 Å². The Morgan fingerprint density at radius 1 is 1.12 bits per heavy atom. The Kier molecular flexibility index (Phi) is 7.21. The molecule has 1 N–H and O–H groups in total. The molecule has 2 aliphatic rings. The van der Waals surface area contributed by atoms with Crippen LogP contribution < -0.4 is 10.1 Å². The molecule has 2 fully saturated rings. The second-order valence-electron chi connectivity index (χ2n) is 10.5. The standard InChI is InChI=1S/C27H34N2O5/c1-7-8-18-13-17(2)22(21(14-18)34-6)23-19(30)15-27(16-20(23)31)9-11-29(12-10-27)25(33)28-24(32)26(3,4)5/h13-14,23H,9-12,15-16H2,1-6H3,(H,28,32,33). The van der Waals surface area contributed by atoms with Gasteiger partial charge in [-0.3, -0.25) is 19.7 Å². The Bertz CT molecular complexity index is 1060. The summed E-state index contributed by atoms with van der Waals surface area (Å²) in [7, 11) is 1.53. The number of Topliss-reactive ketones (excluding diaryl/α,β-unsaturated/α-hetero) is 2. The largest absolute Gasteiger partial charge is 0.496 e. The molecule has 1 aromatic carbocycles. The highest BCUT2D eigenvalue weighted by Gasteiger charge is 2.48. The van der Waals surface area contributed by atoms with Crippen LogP contribution in [0.15, 0.2) is 12.1 Å². The lowest BCUT2D eigenvalue weighted by atomic mass is 9.63. The zero-order chi connectivity index (χ0) is 25.3. The van der Waals surface area contributed by atoms with Gasteiger partial charge in [0, 0.05) is 42.5 Å². The van der Waals surface area contributed by atoms with E-state index in [0.29, 0.717) is 50.1 Å². The fraction of sp³-hybridized carbons (Fsp3) is 0.556.